The van der Waals surface area contributed by atoms with Crippen LogP contribution in [0.2, 0.25) is 0 Å². The lowest BCUT2D eigenvalue weighted by atomic mass is 9.78. The van der Waals surface area contributed by atoms with Crippen molar-refractivity contribution < 1.29 is 10.0 Å². The maximum Gasteiger partial charge on any atom is 0.488 e. The van der Waals surface area contributed by atoms with Gasteiger partial charge in [-0.1, -0.05) is 63.6 Å². The molecule has 1 unspecified atom stereocenters. The van der Waals surface area contributed by atoms with Crippen LogP contribution in [0.1, 0.15) is 32.6 Å². The molecule has 2 N–H and O–H groups in total. The highest BCUT2D eigenvalue weighted by atomic mass is 31.1. The molecule has 1 aliphatic rings. The van der Waals surface area contributed by atoms with Crippen LogP contribution in [0.3, 0.4) is 0 Å². The average Bonchev–Trinajstić information content (AvgIpc) is 2.34. The molecule has 0 aromatic carbocycles. The molecule has 1 aliphatic carbocycles. The zero-order valence-corrected chi connectivity index (χ0v) is 12.7. The van der Waals surface area contributed by atoms with Gasteiger partial charge in [-0.3, -0.25) is 0 Å². The van der Waals surface area contributed by atoms with E-state index in [9.17, 15) is 10.0 Å². The summed E-state index contributed by atoms with van der Waals surface area (Å²) < 4.78 is 0. The molecule has 0 aliphatic heterocycles. The van der Waals surface area contributed by atoms with Crippen molar-refractivity contribution in [1.82, 2.24) is 0 Å². The molecule has 0 heterocycles. The van der Waals surface area contributed by atoms with Crippen LogP contribution in [0.15, 0.2) is 47.7 Å². The van der Waals surface area contributed by atoms with Crippen LogP contribution in [-0.2, 0) is 0 Å². The van der Waals surface area contributed by atoms with Gasteiger partial charge in [0.05, 0.1) is 0 Å². The normalized spacial score (nSPS) is 24.4. The highest BCUT2D eigenvalue weighted by molar-refractivity contribution is 7.61. The second kappa shape index (κ2) is 9.20. The Morgan fingerprint density at radius 2 is 2.21 bits per heavy atom. The van der Waals surface area contributed by atoms with Gasteiger partial charge in [-0.05, 0) is 36.2 Å². The molecule has 1 atom stereocenters. The van der Waals surface area contributed by atoms with E-state index in [1.807, 2.05) is 18.2 Å². The molecule has 0 spiro atoms. The Balaban J connectivity index is 2.89. The number of hydrogen-bond donors (Lipinski definition) is 2. The third-order valence-corrected chi connectivity index (χ3v) is 5.96. The molecular weight excluding hydrogens is 254 g/mol. The van der Waals surface area contributed by atoms with E-state index >= 15 is 0 Å². The van der Waals surface area contributed by atoms with Crippen LogP contribution >= 0.6 is 7.55 Å². The molecule has 19 heavy (non-hydrogen) atoms. The molecule has 0 bridgehead atoms. The maximum atomic E-state index is 9.26. The molecule has 1 rings (SSSR count). The summed E-state index contributed by atoms with van der Waals surface area (Å²) >= 11 is 0. The second-order valence-electron chi connectivity index (χ2n) is 4.68. The third kappa shape index (κ3) is 5.82. The minimum absolute atomic E-state index is 0.598. The average molecular weight is 278 g/mol. The third-order valence-electron chi connectivity index (χ3n) is 3.20. The fraction of sp³-hybridized carbons (Fsp3) is 0.400. The van der Waals surface area contributed by atoms with E-state index in [0.717, 1.165) is 12.8 Å². The van der Waals surface area contributed by atoms with Crippen molar-refractivity contribution in [3.05, 3.63) is 47.7 Å². The summed E-state index contributed by atoms with van der Waals surface area (Å²) in [6, 6.07) is 0. The lowest BCUT2D eigenvalue weighted by Gasteiger charge is -2.14. The molecule has 0 aromatic rings. The first-order valence-corrected chi connectivity index (χ1v) is 8.71. The van der Waals surface area contributed by atoms with Crippen LogP contribution < -0.4 is 0 Å². The van der Waals surface area contributed by atoms with Crippen molar-refractivity contribution in [3.63, 3.8) is 0 Å². The van der Waals surface area contributed by atoms with Crippen LogP contribution in [0, 0.1) is 0 Å². The molecule has 0 saturated carbocycles. The lowest BCUT2D eigenvalue weighted by molar-refractivity contribution is 0.420. The van der Waals surface area contributed by atoms with E-state index in [-0.39, 0.29) is 0 Å². The smallest absolute Gasteiger partial charge is 0.423 e. The molecule has 0 radical (unpaired) electrons. The summed E-state index contributed by atoms with van der Waals surface area (Å²) in [5.74, 6) is 2.25. The summed E-state index contributed by atoms with van der Waals surface area (Å²) in [7, 11) is -2.04. The largest absolute Gasteiger partial charge is 0.488 e. The Morgan fingerprint density at radius 3 is 2.84 bits per heavy atom. The van der Waals surface area contributed by atoms with Gasteiger partial charge in [-0.25, -0.2) is 0 Å². The number of rotatable bonds is 6. The van der Waals surface area contributed by atoms with Crippen molar-refractivity contribution >= 4 is 20.5 Å². The van der Waals surface area contributed by atoms with Crippen molar-refractivity contribution in [2.75, 3.05) is 6.16 Å². The quantitative estimate of drug-likeness (QED) is 0.578. The number of unbranched alkanes of at least 4 members (excludes halogenated alkanes) is 1. The fourth-order valence-electron chi connectivity index (χ4n) is 2.11. The summed E-state index contributed by atoms with van der Waals surface area (Å²) in [5, 5.41) is 20.0. The standard InChI is InChI=1S/C15H24BO2P/c1-3-5-13-19(12-4-2)15-9-7-6-8-14(10-11-15)16(17)18/h4,6,8-10,12,17-19H,2-3,5,7,11,13H2,1H3/b8-6-,14-10+,15-9+. The Hall–Kier alpha value is -0.755. The minimum Gasteiger partial charge on any atom is -0.423 e. The lowest BCUT2D eigenvalue weighted by Crippen LogP contribution is -2.14. The van der Waals surface area contributed by atoms with Gasteiger partial charge < -0.3 is 10.0 Å². The number of hydrogen-bond acceptors (Lipinski definition) is 2. The van der Waals surface area contributed by atoms with Gasteiger partial charge in [-0.2, -0.15) is 0 Å². The van der Waals surface area contributed by atoms with Gasteiger partial charge in [-0.15, -0.1) is 0 Å². The van der Waals surface area contributed by atoms with E-state index in [1.165, 1.54) is 24.3 Å². The number of allylic oxidation sites excluding steroid dienone is 7. The Labute approximate surface area is 117 Å². The topological polar surface area (TPSA) is 40.5 Å². The Morgan fingerprint density at radius 1 is 1.42 bits per heavy atom. The summed E-state index contributed by atoms with van der Waals surface area (Å²) in [6.07, 6.45) is 15.3. The Bertz CT molecular complexity index is 420. The van der Waals surface area contributed by atoms with E-state index < -0.39 is 14.7 Å². The highest BCUT2D eigenvalue weighted by Crippen LogP contribution is 2.38. The maximum absolute atomic E-state index is 9.26. The van der Waals surface area contributed by atoms with Crippen molar-refractivity contribution in [2.24, 2.45) is 0 Å². The SMILES string of the molecule is C=C/C=[PH](CCCC)/C1=C/C/C=C\C(B(O)O)=C/C1. The summed E-state index contributed by atoms with van der Waals surface area (Å²) in [5.41, 5.74) is 0.598. The van der Waals surface area contributed by atoms with Gasteiger partial charge in [0.2, 0.25) is 0 Å². The van der Waals surface area contributed by atoms with Gasteiger partial charge >= 0.3 is 7.12 Å². The zero-order chi connectivity index (χ0) is 14.1. The van der Waals surface area contributed by atoms with Crippen LogP contribution in [0.4, 0.5) is 0 Å². The first-order chi connectivity index (χ1) is 9.19. The molecule has 2 nitrogen and oxygen atoms in total. The van der Waals surface area contributed by atoms with Gasteiger partial charge in [0.25, 0.3) is 0 Å². The molecule has 104 valence electrons. The Kier molecular flexibility index (Phi) is 7.89. The fourth-order valence-corrected chi connectivity index (χ4v) is 4.57. The molecule has 0 fully saturated rings. The van der Waals surface area contributed by atoms with Crippen molar-refractivity contribution in [2.45, 2.75) is 32.6 Å². The molecule has 0 aromatic heterocycles. The molecule has 4 heteroatoms. The predicted molar refractivity (Wildman–Crippen MR) is 89.1 cm³/mol. The van der Waals surface area contributed by atoms with Crippen LogP contribution in [-0.4, -0.2) is 29.1 Å². The van der Waals surface area contributed by atoms with Gasteiger partial charge in [0, 0.05) is 0 Å². The molecule has 0 amide bonds. The van der Waals surface area contributed by atoms with Crippen molar-refractivity contribution in [1.29, 1.82) is 0 Å². The molecule has 0 saturated heterocycles. The predicted octanol–water partition coefficient (Wildman–Crippen LogP) is 3.16. The summed E-state index contributed by atoms with van der Waals surface area (Å²) in [4.78, 5) is 0. The molecular formula is C15H24BO2P. The van der Waals surface area contributed by atoms with E-state index in [2.05, 4.69) is 25.4 Å². The zero-order valence-electron chi connectivity index (χ0n) is 11.7. The highest BCUT2D eigenvalue weighted by Gasteiger charge is 2.13. The van der Waals surface area contributed by atoms with Crippen LogP contribution in [0.25, 0.3) is 0 Å². The minimum atomic E-state index is -1.37. The second-order valence-corrected chi connectivity index (χ2v) is 7.21. The first-order valence-electron chi connectivity index (χ1n) is 6.92. The van der Waals surface area contributed by atoms with Crippen LogP contribution in [0.5, 0.6) is 0 Å². The van der Waals surface area contributed by atoms with Crippen molar-refractivity contribution in [3.8, 4) is 0 Å². The van der Waals surface area contributed by atoms with Gasteiger partial charge in [0.1, 0.15) is 0 Å². The van der Waals surface area contributed by atoms with E-state index in [4.69, 9.17) is 0 Å². The first kappa shape index (κ1) is 16.3. The monoisotopic (exact) mass is 278 g/mol. The van der Waals surface area contributed by atoms with E-state index in [1.54, 1.807) is 6.08 Å². The van der Waals surface area contributed by atoms with E-state index in [0.29, 0.717) is 5.47 Å². The summed E-state index contributed by atoms with van der Waals surface area (Å²) in [6.45, 7) is 6.03. The van der Waals surface area contributed by atoms with Gasteiger partial charge in [0.15, 0.2) is 0 Å².